The van der Waals surface area contributed by atoms with Gasteiger partial charge in [-0.25, -0.2) is 0 Å². The van der Waals surface area contributed by atoms with Gasteiger partial charge in [0.05, 0.1) is 14.2 Å². The maximum Gasteiger partial charge on any atom is 0.320 e. The molecule has 4 atom stereocenters. The number of carbonyl (C=O) groups is 2. The van der Waals surface area contributed by atoms with Crippen molar-refractivity contribution in [2.24, 2.45) is 0 Å². The summed E-state index contributed by atoms with van der Waals surface area (Å²) in [5.74, 6) is -0.374. The van der Waals surface area contributed by atoms with E-state index >= 15 is 0 Å². The summed E-state index contributed by atoms with van der Waals surface area (Å²) in [4.78, 5) is 24.8. The van der Waals surface area contributed by atoms with Crippen LogP contribution in [0.15, 0.2) is 48.5 Å². The second kappa shape index (κ2) is 9.73. The van der Waals surface area contributed by atoms with Crippen LogP contribution in [-0.2, 0) is 23.2 Å². The highest BCUT2D eigenvalue weighted by atomic mass is 31.1. The van der Waals surface area contributed by atoms with E-state index in [-0.39, 0.29) is 11.8 Å². The minimum absolute atomic E-state index is 0.312. The summed E-state index contributed by atoms with van der Waals surface area (Å²) in [5, 5.41) is 5.47. The molecule has 0 bridgehead atoms. The Balaban J connectivity index is 1.50. The van der Waals surface area contributed by atoms with Crippen LogP contribution in [0.4, 0.5) is 0 Å². The van der Waals surface area contributed by atoms with Gasteiger partial charge in [-0.3, -0.25) is 23.2 Å². The van der Waals surface area contributed by atoms with Crippen LogP contribution in [-0.4, -0.2) is 51.3 Å². The molecule has 2 N–H and O–H groups in total. The van der Waals surface area contributed by atoms with Crippen molar-refractivity contribution in [2.45, 2.75) is 24.0 Å². The van der Waals surface area contributed by atoms with E-state index in [1.54, 1.807) is 26.4 Å². The molecule has 170 valence electrons. The first kappa shape index (κ1) is 22.3. The first-order valence-electron chi connectivity index (χ1n) is 10.2. The molecule has 32 heavy (non-hydrogen) atoms. The van der Waals surface area contributed by atoms with E-state index in [0.29, 0.717) is 24.6 Å². The van der Waals surface area contributed by atoms with Crippen LogP contribution in [0, 0.1) is 0 Å². The lowest BCUT2D eigenvalue weighted by Gasteiger charge is -2.22. The SMILES string of the molecule is COc1ccccc1C1CNC(=O)C1O[PH](=O)OC1C(=O)NCC1c1ccccc1OC. The van der Waals surface area contributed by atoms with Crippen LogP contribution in [0.5, 0.6) is 11.5 Å². The number of benzene rings is 2. The number of ether oxygens (including phenoxy) is 2. The van der Waals surface area contributed by atoms with Crippen molar-refractivity contribution < 1.29 is 32.7 Å². The Morgan fingerprint density at radius 2 is 1.16 bits per heavy atom. The van der Waals surface area contributed by atoms with Gasteiger partial charge in [-0.15, -0.1) is 0 Å². The Kier molecular flexibility index (Phi) is 6.79. The molecule has 4 unspecified atom stereocenters. The van der Waals surface area contributed by atoms with E-state index < -0.39 is 32.3 Å². The molecule has 2 fully saturated rings. The van der Waals surface area contributed by atoms with Crippen LogP contribution in [0.1, 0.15) is 23.0 Å². The normalized spacial score (nSPS) is 25.8. The molecule has 0 saturated carbocycles. The number of carbonyl (C=O) groups excluding carboxylic acids is 2. The van der Waals surface area contributed by atoms with Crippen molar-refractivity contribution in [1.29, 1.82) is 0 Å². The molecule has 2 amide bonds. The van der Waals surface area contributed by atoms with Gasteiger partial charge in [0.25, 0.3) is 0 Å². The summed E-state index contributed by atoms with van der Waals surface area (Å²) in [6.45, 7) is 0.625. The van der Waals surface area contributed by atoms with Gasteiger partial charge in [0.1, 0.15) is 11.5 Å². The predicted molar refractivity (Wildman–Crippen MR) is 116 cm³/mol. The second-order valence-electron chi connectivity index (χ2n) is 7.51. The standard InChI is InChI=1S/C22H25N2O7P/c1-28-17-9-5-3-7-13(17)15-11-23-21(25)19(15)30-32(27)31-20-16(12-24-22(20)26)14-8-4-6-10-18(14)29-2/h3-10,15-16,19-20,32H,11-12H2,1-2H3,(H,23,25)(H,24,26). The van der Waals surface area contributed by atoms with E-state index in [1.807, 2.05) is 36.4 Å². The van der Waals surface area contributed by atoms with Gasteiger partial charge in [-0.05, 0) is 12.1 Å². The average molecular weight is 460 g/mol. The Hall–Kier alpha value is -2.87. The fourth-order valence-corrected chi connectivity index (χ4v) is 5.21. The number of para-hydroxylation sites is 2. The lowest BCUT2D eigenvalue weighted by Crippen LogP contribution is -2.28. The number of hydrogen-bond acceptors (Lipinski definition) is 7. The molecule has 2 aliphatic heterocycles. The Morgan fingerprint density at radius 1 is 0.750 bits per heavy atom. The molecule has 2 aromatic carbocycles. The molecule has 2 saturated heterocycles. The highest BCUT2D eigenvalue weighted by Gasteiger charge is 2.42. The summed E-state index contributed by atoms with van der Waals surface area (Å²) in [7, 11) is -0.105. The highest BCUT2D eigenvalue weighted by Crippen LogP contribution is 2.42. The molecule has 2 aliphatic rings. The molecule has 9 nitrogen and oxygen atoms in total. The summed E-state index contributed by atoms with van der Waals surface area (Å²) in [6, 6.07) is 14.6. The van der Waals surface area contributed by atoms with Gasteiger partial charge in [0.2, 0.25) is 11.8 Å². The highest BCUT2D eigenvalue weighted by molar-refractivity contribution is 7.33. The van der Waals surface area contributed by atoms with Crippen LogP contribution in [0.2, 0.25) is 0 Å². The fraction of sp³-hybridized carbons (Fsp3) is 0.364. The van der Waals surface area contributed by atoms with E-state index in [9.17, 15) is 14.2 Å². The number of hydrogen-bond donors (Lipinski definition) is 2. The van der Waals surface area contributed by atoms with E-state index in [4.69, 9.17) is 18.5 Å². The van der Waals surface area contributed by atoms with Crippen molar-refractivity contribution in [3.05, 3.63) is 59.7 Å². The third kappa shape index (κ3) is 4.37. The zero-order chi connectivity index (χ0) is 22.7. The van der Waals surface area contributed by atoms with Gasteiger partial charge in [0, 0.05) is 36.1 Å². The molecule has 2 heterocycles. The number of amides is 2. The van der Waals surface area contributed by atoms with Gasteiger partial charge < -0.3 is 20.1 Å². The monoisotopic (exact) mass is 460 g/mol. The minimum atomic E-state index is -3.19. The van der Waals surface area contributed by atoms with Crippen molar-refractivity contribution in [2.75, 3.05) is 27.3 Å². The quantitative estimate of drug-likeness (QED) is 0.580. The fourth-order valence-electron chi connectivity index (χ4n) is 4.20. The predicted octanol–water partition coefficient (Wildman–Crippen LogP) is 1.99. The Bertz CT molecular complexity index is 951. The molecule has 4 rings (SSSR count). The molecule has 0 spiro atoms. The number of rotatable bonds is 8. The lowest BCUT2D eigenvalue weighted by molar-refractivity contribution is -0.126. The first-order chi connectivity index (χ1) is 15.5. The largest absolute Gasteiger partial charge is 0.496 e. The zero-order valence-corrected chi connectivity index (χ0v) is 18.7. The summed E-state index contributed by atoms with van der Waals surface area (Å²) < 4.78 is 34.8. The summed E-state index contributed by atoms with van der Waals surface area (Å²) in [5.41, 5.74) is 1.53. The molecule has 0 aliphatic carbocycles. The maximum absolute atomic E-state index is 12.8. The third-order valence-corrected chi connectivity index (χ3v) is 6.66. The Morgan fingerprint density at radius 3 is 1.56 bits per heavy atom. The Labute approximate surface area is 186 Å². The summed E-state index contributed by atoms with van der Waals surface area (Å²) >= 11 is 0. The second-order valence-corrected chi connectivity index (χ2v) is 8.49. The van der Waals surface area contributed by atoms with E-state index in [0.717, 1.165) is 11.1 Å². The number of nitrogens with one attached hydrogen (secondary N) is 2. The number of methoxy groups -OCH3 is 2. The third-order valence-electron chi connectivity index (χ3n) is 5.76. The topological polar surface area (TPSA) is 112 Å². The van der Waals surface area contributed by atoms with Crippen molar-refractivity contribution >= 4 is 20.1 Å². The molecule has 10 heteroatoms. The van der Waals surface area contributed by atoms with Crippen molar-refractivity contribution in [3.8, 4) is 11.5 Å². The van der Waals surface area contributed by atoms with Crippen LogP contribution >= 0.6 is 8.25 Å². The minimum Gasteiger partial charge on any atom is -0.496 e. The molecule has 0 aromatic heterocycles. The van der Waals surface area contributed by atoms with Gasteiger partial charge in [0.15, 0.2) is 12.2 Å². The average Bonchev–Trinajstić information content (AvgIpc) is 3.36. The molecular weight excluding hydrogens is 435 g/mol. The maximum atomic E-state index is 12.8. The molecular formula is C22H25N2O7P. The first-order valence-corrected chi connectivity index (χ1v) is 11.4. The van der Waals surface area contributed by atoms with E-state index in [2.05, 4.69) is 10.6 Å². The van der Waals surface area contributed by atoms with Crippen molar-refractivity contribution in [1.82, 2.24) is 10.6 Å². The zero-order valence-electron chi connectivity index (χ0n) is 17.7. The molecule has 2 aromatic rings. The van der Waals surface area contributed by atoms with E-state index in [1.165, 1.54) is 0 Å². The van der Waals surface area contributed by atoms with Crippen LogP contribution in [0.3, 0.4) is 0 Å². The molecule has 0 radical (unpaired) electrons. The summed E-state index contributed by atoms with van der Waals surface area (Å²) in [6.07, 6.45) is -2.04. The lowest BCUT2D eigenvalue weighted by atomic mass is 9.95. The van der Waals surface area contributed by atoms with Crippen molar-refractivity contribution in [3.63, 3.8) is 0 Å². The van der Waals surface area contributed by atoms with Gasteiger partial charge in [-0.1, -0.05) is 36.4 Å². The van der Waals surface area contributed by atoms with Crippen LogP contribution < -0.4 is 20.1 Å². The van der Waals surface area contributed by atoms with Gasteiger partial charge in [-0.2, -0.15) is 0 Å². The van der Waals surface area contributed by atoms with Gasteiger partial charge >= 0.3 is 8.25 Å². The smallest absolute Gasteiger partial charge is 0.320 e. The van der Waals surface area contributed by atoms with Crippen LogP contribution in [0.25, 0.3) is 0 Å².